The Hall–Kier alpha value is -6.09. The molecule has 0 saturated heterocycles. The third-order valence-electron chi connectivity index (χ3n) is 9.14. The van der Waals surface area contributed by atoms with Crippen molar-refractivity contribution in [2.45, 2.75) is 138 Å². The molecule has 0 unspecified atom stereocenters. The fourth-order valence-electron chi connectivity index (χ4n) is 4.85. The summed E-state index contributed by atoms with van der Waals surface area (Å²) in [5, 5.41) is 0. The summed E-state index contributed by atoms with van der Waals surface area (Å²) in [6.45, 7) is 30.1. The average molecular weight is 850 g/mol. The zero-order valence-electron chi connectivity index (χ0n) is 40.6. The molecule has 0 N–H and O–H groups in total. The van der Waals surface area contributed by atoms with Crippen LogP contribution in [0.5, 0.6) is 0 Å². The summed E-state index contributed by atoms with van der Waals surface area (Å²) in [5.74, 6) is 3.97. The van der Waals surface area contributed by atoms with E-state index in [0.29, 0.717) is 41.4 Å². The number of rotatable bonds is 7. The molecular weight excluding hydrogens is 775 g/mol. The summed E-state index contributed by atoms with van der Waals surface area (Å²) in [7, 11) is 0. The van der Waals surface area contributed by atoms with Crippen LogP contribution in [0.3, 0.4) is 0 Å². The van der Waals surface area contributed by atoms with Crippen LogP contribution in [0.1, 0.15) is 178 Å². The zero-order chi connectivity index (χ0) is 46.8. The van der Waals surface area contributed by atoms with Crippen LogP contribution in [0.15, 0.2) is 160 Å². The number of hydrogen-bond donors (Lipinski definition) is 0. The molecule has 0 amide bonds. The van der Waals surface area contributed by atoms with E-state index in [4.69, 9.17) is 0 Å². The molecule has 0 aliphatic carbocycles. The molecule has 0 aliphatic heterocycles. The monoisotopic (exact) mass is 850 g/mol. The second-order valence-electron chi connectivity index (χ2n) is 16.8. The van der Waals surface area contributed by atoms with Crippen LogP contribution in [0, 0.1) is 0 Å². The number of pyridine rings is 3. The van der Waals surface area contributed by atoms with Crippen molar-refractivity contribution >= 4 is 0 Å². The molecule has 9 nitrogen and oxygen atoms in total. The molecule has 0 spiro atoms. The van der Waals surface area contributed by atoms with Crippen LogP contribution in [-0.4, -0.2) is 44.9 Å². The first-order chi connectivity index (χ1) is 30.1. The van der Waals surface area contributed by atoms with E-state index in [9.17, 15) is 0 Å². The Bertz CT molecular complexity index is 1600. The largest absolute Gasteiger partial charge is 0.265 e. The van der Waals surface area contributed by atoms with Gasteiger partial charge in [0.15, 0.2) is 0 Å². The van der Waals surface area contributed by atoms with Gasteiger partial charge in [-0.15, -0.1) is 0 Å². The predicted molar refractivity (Wildman–Crippen MR) is 264 cm³/mol. The summed E-state index contributed by atoms with van der Waals surface area (Å²) in [6, 6.07) is 24.7. The molecule has 0 fully saturated rings. The highest BCUT2D eigenvalue weighted by molar-refractivity contribution is 5.18. The molecule has 1 aromatic carbocycles. The van der Waals surface area contributed by atoms with E-state index >= 15 is 0 Å². The Labute approximate surface area is 380 Å². The lowest BCUT2D eigenvalue weighted by atomic mass is 10.0. The Balaban J connectivity index is 0.000000367. The van der Waals surface area contributed by atoms with Gasteiger partial charge in [0.1, 0.15) is 12.7 Å². The maximum atomic E-state index is 4.18. The Morgan fingerprint density at radius 2 is 0.667 bits per heavy atom. The maximum Gasteiger partial charge on any atom is 0.115 e. The summed E-state index contributed by atoms with van der Waals surface area (Å²) >= 11 is 0. The fraction of sp³-hybridized carbons (Fsp3) is 0.389. The van der Waals surface area contributed by atoms with Gasteiger partial charge in [-0.2, -0.15) is 0 Å². The van der Waals surface area contributed by atoms with E-state index in [1.54, 1.807) is 37.4 Å². The standard InChI is InChI=1S/C9H12.3C8H11N.3C7H10N2/c1-8(2)9-6-4-3-5-7-9;1-7(2)8-3-5-9-6-4-8;1-7(2)8-4-3-5-9-6-8;1-7(2)8-5-3-4-6-9-8;2*1-6(2)7-3-8-5-9-4-7;1-6(2)7-5-8-3-4-9-7/h3-8H,1-2H3;3*3-7H,1-2H3;3*3-6H,1-2H3. The highest BCUT2D eigenvalue weighted by atomic mass is 14.8. The van der Waals surface area contributed by atoms with Crippen LogP contribution in [0.2, 0.25) is 0 Å². The molecule has 6 heterocycles. The van der Waals surface area contributed by atoms with Gasteiger partial charge in [-0.05, 0) is 99.6 Å². The topological polar surface area (TPSA) is 116 Å². The van der Waals surface area contributed by atoms with Gasteiger partial charge in [0.25, 0.3) is 0 Å². The van der Waals surface area contributed by atoms with E-state index in [0.717, 1.165) is 11.4 Å². The lowest BCUT2D eigenvalue weighted by Gasteiger charge is -2.01. The Morgan fingerprint density at radius 1 is 0.254 bits per heavy atom. The average Bonchev–Trinajstić information content (AvgIpc) is 3.32. The quantitative estimate of drug-likeness (QED) is 0.154. The number of aromatic nitrogens is 9. The lowest BCUT2D eigenvalue weighted by Crippen LogP contribution is -1.91. The van der Waals surface area contributed by atoms with Gasteiger partial charge < -0.3 is 0 Å². The Kier molecular flexibility index (Phi) is 29.2. The van der Waals surface area contributed by atoms with Crippen molar-refractivity contribution in [3.8, 4) is 0 Å². The molecule has 7 rings (SSSR count). The molecule has 7 aromatic rings. The number of benzene rings is 1. The van der Waals surface area contributed by atoms with Gasteiger partial charge in [-0.25, -0.2) is 19.9 Å². The molecule has 0 atom stereocenters. The SMILES string of the molecule is CC(C)c1ccccc1.CC(C)c1ccccn1.CC(C)c1cccnc1.CC(C)c1ccncc1.CC(C)c1cnccn1.CC(C)c1cncnc1.CC(C)c1cncnc1. The first-order valence-corrected chi connectivity index (χ1v) is 22.1. The van der Waals surface area contributed by atoms with Gasteiger partial charge >= 0.3 is 0 Å². The first kappa shape index (κ1) is 54.9. The van der Waals surface area contributed by atoms with Gasteiger partial charge in [-0.1, -0.05) is 139 Å². The van der Waals surface area contributed by atoms with E-state index in [1.165, 1.54) is 27.8 Å². The fourth-order valence-corrected chi connectivity index (χ4v) is 4.85. The van der Waals surface area contributed by atoms with Crippen LogP contribution >= 0.6 is 0 Å². The summed E-state index contributed by atoms with van der Waals surface area (Å²) in [6.07, 6.45) is 24.9. The van der Waals surface area contributed by atoms with Crippen molar-refractivity contribution in [1.82, 2.24) is 44.9 Å². The number of hydrogen-bond acceptors (Lipinski definition) is 9. The van der Waals surface area contributed by atoms with Gasteiger partial charge in [0.05, 0.1) is 5.69 Å². The van der Waals surface area contributed by atoms with Crippen molar-refractivity contribution in [2.75, 3.05) is 0 Å². The second-order valence-corrected chi connectivity index (χ2v) is 16.8. The van der Waals surface area contributed by atoms with Gasteiger partial charge in [0.2, 0.25) is 0 Å². The number of nitrogens with zero attached hydrogens (tertiary/aromatic N) is 9. The first-order valence-electron chi connectivity index (χ1n) is 22.1. The van der Waals surface area contributed by atoms with Gasteiger partial charge in [0, 0.05) is 80.1 Å². The molecule has 0 aliphatic rings. The predicted octanol–water partition coefficient (Wildman–Crippen LogP) is 14.2. The molecule has 9 heteroatoms. The maximum absolute atomic E-state index is 4.18. The van der Waals surface area contributed by atoms with E-state index in [2.05, 4.69) is 172 Å². The van der Waals surface area contributed by atoms with Crippen LogP contribution in [0.4, 0.5) is 0 Å². The summed E-state index contributed by atoms with van der Waals surface area (Å²) < 4.78 is 0. The van der Waals surface area contributed by atoms with Crippen molar-refractivity contribution < 1.29 is 0 Å². The molecule has 0 bridgehead atoms. The molecule has 336 valence electrons. The van der Waals surface area contributed by atoms with Crippen molar-refractivity contribution in [2.24, 2.45) is 0 Å². The minimum absolute atomic E-state index is 0.485. The molecule has 6 aromatic heterocycles. The zero-order valence-corrected chi connectivity index (χ0v) is 40.6. The third-order valence-corrected chi connectivity index (χ3v) is 9.14. The normalized spacial score (nSPS) is 10.1. The van der Waals surface area contributed by atoms with E-state index < -0.39 is 0 Å². The molecule has 0 saturated carbocycles. The van der Waals surface area contributed by atoms with Crippen molar-refractivity contribution in [1.29, 1.82) is 0 Å². The smallest absolute Gasteiger partial charge is 0.115 e. The molecule has 0 radical (unpaired) electrons. The lowest BCUT2D eigenvalue weighted by molar-refractivity contribution is 0.812. The Morgan fingerprint density at radius 3 is 0.952 bits per heavy atom. The van der Waals surface area contributed by atoms with E-state index in [-0.39, 0.29) is 0 Å². The highest BCUT2D eigenvalue weighted by Gasteiger charge is 1.99. The minimum atomic E-state index is 0.485. The second kappa shape index (κ2) is 33.5. The highest BCUT2D eigenvalue weighted by Crippen LogP contribution is 2.14. The van der Waals surface area contributed by atoms with Crippen molar-refractivity contribution in [3.63, 3.8) is 0 Å². The van der Waals surface area contributed by atoms with Crippen molar-refractivity contribution in [3.05, 3.63) is 199 Å². The van der Waals surface area contributed by atoms with Gasteiger partial charge in [-0.3, -0.25) is 24.9 Å². The summed E-state index contributed by atoms with van der Waals surface area (Å²) in [5.41, 5.74) is 8.67. The molecular formula is C54H75N9. The third kappa shape index (κ3) is 26.8. The molecule has 63 heavy (non-hydrogen) atoms. The van der Waals surface area contributed by atoms with Crippen LogP contribution < -0.4 is 0 Å². The summed E-state index contributed by atoms with van der Waals surface area (Å²) in [4.78, 5) is 35.8. The van der Waals surface area contributed by atoms with Crippen LogP contribution in [-0.2, 0) is 0 Å². The minimum Gasteiger partial charge on any atom is -0.265 e. The van der Waals surface area contributed by atoms with E-state index in [1.807, 2.05) is 92.0 Å². The van der Waals surface area contributed by atoms with Crippen LogP contribution in [0.25, 0.3) is 0 Å².